The van der Waals surface area contributed by atoms with E-state index in [4.69, 9.17) is 0 Å². The van der Waals surface area contributed by atoms with Crippen molar-refractivity contribution in [2.75, 3.05) is 34.5 Å². The van der Waals surface area contributed by atoms with E-state index >= 15 is 0 Å². The molecule has 0 heterocycles. The van der Waals surface area contributed by atoms with Crippen LogP contribution in [0.15, 0.2) is 0 Å². The molecule has 0 aromatic heterocycles. The Morgan fingerprint density at radius 1 is 0.144 bits per heavy atom. The zero-order valence-electron chi connectivity index (χ0n) is 60.0. The predicted octanol–water partition coefficient (Wildman–Crippen LogP) is -1.94. The van der Waals surface area contributed by atoms with Gasteiger partial charge in [-0.05, 0) is 38.5 Å². The van der Waals surface area contributed by atoms with Crippen LogP contribution in [0.1, 0.15) is 350 Å². The molecule has 0 aliphatic heterocycles. The van der Waals surface area contributed by atoms with Crippen LogP contribution in [0, 0.1) is 0 Å². The van der Waals surface area contributed by atoms with Crippen LogP contribution < -0.4 is 177 Å². The molecule has 0 rings (SSSR count). The minimum atomic E-state index is -3.98. The average Bonchev–Trinajstić information content (AvgIpc) is 3.38. The molecule has 0 aromatic carbocycles. The second-order valence-electron chi connectivity index (χ2n) is 22.4. The molecule has 0 aliphatic carbocycles. The number of hydrogen-bond acceptors (Lipinski definition) is 18. The first kappa shape index (κ1) is 122. The molecule has 0 aromatic rings. The SMILES string of the molecule is CCCCCCCCCCS(=O)(=O)[O-].CCCCCCCCCCS(=O)(=O)[O-].CCCCCCCCCCS(=O)(=O)[O-].CCCCCCCCCCS(=O)(=O)[O-].CCCCCCCCCCS(=O)(=O)[O-].CCCCCCCCCCS(=O)(=O)[O-].[Na+].[Na+].[Na+].[Na+].[Na+].[Na+]. The number of hydrogen-bond donors (Lipinski definition) is 0. The minimum Gasteiger partial charge on any atom is -0.748 e. The standard InChI is InChI=1S/6C10H22O3S.6Na/c6*1-2-3-4-5-6-7-8-9-10-14(11,12)13;;;;;;/h6*2-10H2,1H3,(H,11,12,13);;;;;;/q;;;;;;6*+1/p-6. The van der Waals surface area contributed by atoms with Crippen molar-refractivity contribution in [1.29, 1.82) is 0 Å². The van der Waals surface area contributed by atoms with Crippen LogP contribution in [-0.2, 0) is 60.7 Å². The quantitative estimate of drug-likeness (QED) is 0.0363. The first-order chi connectivity index (χ1) is 39.4. The Balaban J connectivity index is -0.0000000801. The molecule has 0 spiro atoms. The fourth-order valence-corrected chi connectivity index (χ4v) is 11.8. The third-order valence-corrected chi connectivity index (χ3v) is 18.2. The van der Waals surface area contributed by atoms with Gasteiger partial charge in [-0.15, -0.1) is 0 Å². The molecule has 0 aliphatic rings. The van der Waals surface area contributed by atoms with Crippen LogP contribution in [0.5, 0.6) is 0 Å². The van der Waals surface area contributed by atoms with Gasteiger partial charge in [0.25, 0.3) is 0 Å². The maximum Gasteiger partial charge on any atom is 1.00 e. The van der Waals surface area contributed by atoms with E-state index in [0.717, 1.165) is 77.0 Å². The Morgan fingerprint density at radius 2 is 0.211 bits per heavy atom. The minimum absolute atomic E-state index is 0. The van der Waals surface area contributed by atoms with Crippen molar-refractivity contribution in [3.8, 4) is 0 Å². The third kappa shape index (κ3) is 156. The Bertz CT molecular complexity index is 1660. The van der Waals surface area contributed by atoms with Gasteiger partial charge in [-0.1, -0.05) is 311 Å². The van der Waals surface area contributed by atoms with E-state index in [-0.39, 0.29) is 212 Å². The van der Waals surface area contributed by atoms with Crippen LogP contribution in [0.4, 0.5) is 0 Å². The fourth-order valence-electron chi connectivity index (χ4n) is 8.48. The molecule has 0 saturated heterocycles. The number of unbranched alkanes of at least 4 members (excludes halogenated alkanes) is 42. The second kappa shape index (κ2) is 90.5. The zero-order valence-corrected chi connectivity index (χ0v) is 76.9. The first-order valence-corrected chi connectivity index (χ1v) is 42.4. The van der Waals surface area contributed by atoms with Gasteiger partial charge in [-0.3, -0.25) is 0 Å². The van der Waals surface area contributed by atoms with E-state index in [2.05, 4.69) is 41.5 Å². The van der Waals surface area contributed by atoms with E-state index in [1.54, 1.807) is 0 Å². The smallest absolute Gasteiger partial charge is 0.748 e. The molecule has 0 amide bonds. The molecule has 30 heteroatoms. The largest absolute Gasteiger partial charge is 1.00 e. The molecule has 90 heavy (non-hydrogen) atoms. The maximum absolute atomic E-state index is 10.2. The Hall–Kier alpha value is 5.46. The van der Waals surface area contributed by atoms with E-state index in [1.807, 2.05) is 0 Å². The van der Waals surface area contributed by atoms with Crippen LogP contribution in [0.25, 0.3) is 0 Å². The van der Waals surface area contributed by atoms with Gasteiger partial charge < -0.3 is 27.3 Å². The second-order valence-corrected chi connectivity index (χ2v) is 31.6. The van der Waals surface area contributed by atoms with Crippen molar-refractivity contribution in [3.05, 3.63) is 0 Å². The van der Waals surface area contributed by atoms with Gasteiger partial charge >= 0.3 is 177 Å². The summed E-state index contributed by atoms with van der Waals surface area (Å²) in [5.74, 6) is -1.16. The summed E-state index contributed by atoms with van der Waals surface area (Å²) in [7, 11) is -23.9. The monoisotopic (exact) mass is 1460 g/mol. The Morgan fingerprint density at radius 3 is 0.278 bits per heavy atom. The summed E-state index contributed by atoms with van der Waals surface area (Å²) in [4.78, 5) is 0. The summed E-state index contributed by atoms with van der Waals surface area (Å²) in [6, 6.07) is 0. The van der Waals surface area contributed by atoms with Gasteiger partial charge in [0.1, 0.15) is 0 Å². The molecule has 0 fully saturated rings. The van der Waals surface area contributed by atoms with Gasteiger partial charge in [0, 0.05) is 34.5 Å². The van der Waals surface area contributed by atoms with Gasteiger partial charge in [-0.25, -0.2) is 50.5 Å². The van der Waals surface area contributed by atoms with Crippen molar-refractivity contribution >= 4 is 60.7 Å². The molecule has 0 saturated carbocycles. The van der Waals surface area contributed by atoms with Gasteiger partial charge in [-0.2, -0.15) is 0 Å². The van der Waals surface area contributed by atoms with E-state index in [9.17, 15) is 77.8 Å². The number of rotatable bonds is 54. The van der Waals surface area contributed by atoms with E-state index in [0.29, 0.717) is 38.5 Å². The molecular weight excluding hydrogens is 1340 g/mol. The van der Waals surface area contributed by atoms with E-state index < -0.39 is 60.7 Å². The van der Waals surface area contributed by atoms with Crippen molar-refractivity contribution in [2.24, 2.45) is 0 Å². The molecule has 0 bridgehead atoms. The molecule has 0 N–H and O–H groups in total. The molecule has 0 atom stereocenters. The van der Waals surface area contributed by atoms with E-state index in [1.165, 1.54) is 193 Å². The normalized spacial score (nSPS) is 11.1. The summed E-state index contributed by atoms with van der Waals surface area (Å²) in [6.45, 7) is 13.1. The van der Waals surface area contributed by atoms with Crippen molar-refractivity contribution < 1.29 is 255 Å². The summed E-state index contributed by atoms with van der Waals surface area (Å²) in [6.07, 6.45) is 51.9. The molecule has 0 radical (unpaired) electrons. The maximum atomic E-state index is 10.2. The predicted molar refractivity (Wildman–Crippen MR) is 343 cm³/mol. The Kier molecular flexibility index (Phi) is 123. The molecule has 18 nitrogen and oxygen atoms in total. The fraction of sp³-hybridized carbons (Fsp3) is 1.00. The Labute approximate surface area is 690 Å². The summed E-state index contributed by atoms with van der Waals surface area (Å²) in [5.41, 5.74) is 0. The van der Waals surface area contributed by atoms with Crippen molar-refractivity contribution in [3.63, 3.8) is 0 Å². The third-order valence-electron chi connectivity index (χ3n) is 13.5. The van der Waals surface area contributed by atoms with Crippen molar-refractivity contribution in [2.45, 2.75) is 350 Å². The average molecular weight is 1470 g/mol. The molecule has 516 valence electrons. The van der Waals surface area contributed by atoms with Gasteiger partial charge in [0.2, 0.25) is 0 Å². The summed E-state index contributed by atoms with van der Waals surface area (Å²) >= 11 is 0. The molecule has 0 unspecified atom stereocenters. The van der Waals surface area contributed by atoms with Gasteiger partial charge in [0.05, 0.1) is 60.7 Å². The van der Waals surface area contributed by atoms with Gasteiger partial charge in [0.15, 0.2) is 0 Å². The van der Waals surface area contributed by atoms with Crippen LogP contribution in [0.3, 0.4) is 0 Å². The summed E-state index contributed by atoms with van der Waals surface area (Å²) in [5, 5.41) is 0. The van der Waals surface area contributed by atoms with Crippen LogP contribution in [0.2, 0.25) is 0 Å². The van der Waals surface area contributed by atoms with Crippen LogP contribution >= 0.6 is 0 Å². The zero-order chi connectivity index (χ0) is 65.2. The first-order valence-electron chi connectivity index (χ1n) is 33.0. The summed E-state index contributed by atoms with van der Waals surface area (Å²) < 4.78 is 184. The van der Waals surface area contributed by atoms with Crippen molar-refractivity contribution in [1.82, 2.24) is 0 Å². The molecular formula is C60H126Na6O18S6. The van der Waals surface area contributed by atoms with Crippen LogP contribution in [-0.4, -0.2) is 112 Å². The topological polar surface area (TPSA) is 343 Å².